The second-order valence-electron chi connectivity index (χ2n) is 1.67. The van der Waals surface area contributed by atoms with Crippen molar-refractivity contribution < 1.29 is 0 Å². The normalized spacial score (nSPS) is 8.60. The van der Waals surface area contributed by atoms with E-state index in [-0.39, 0.29) is 12.4 Å². The summed E-state index contributed by atoms with van der Waals surface area (Å²) in [6, 6.07) is 5.36. The number of hydrogen-bond acceptors (Lipinski definition) is 1. The molecule has 1 rings (SSSR count). The Morgan fingerprint density at radius 1 is 1.40 bits per heavy atom. The van der Waals surface area contributed by atoms with Gasteiger partial charge < -0.3 is 5.73 Å². The molecule has 0 aliphatic heterocycles. The highest BCUT2D eigenvalue weighted by Gasteiger charge is 1.93. The minimum atomic E-state index is 0. The number of nitrogens with two attached hydrogens (primary N) is 1. The second kappa shape index (κ2) is 4.06. The van der Waals surface area contributed by atoms with Crippen LogP contribution in [-0.2, 0) is 0 Å². The van der Waals surface area contributed by atoms with Crippen molar-refractivity contribution in [1.29, 1.82) is 0 Å². The first kappa shape index (κ1) is 10.1. The van der Waals surface area contributed by atoms with Crippen LogP contribution in [0.5, 0.6) is 0 Å². The van der Waals surface area contributed by atoms with E-state index in [9.17, 15) is 0 Å². The van der Waals surface area contributed by atoms with Crippen molar-refractivity contribution in [2.24, 2.45) is 0 Å². The van der Waals surface area contributed by atoms with Gasteiger partial charge in [0.15, 0.2) is 0 Å². The Bertz CT molecular complexity index is 227. The lowest BCUT2D eigenvalue weighted by Crippen LogP contribution is -1.84. The average Bonchev–Trinajstić information content (AvgIpc) is 1.80. The second-order valence-corrected chi connectivity index (χ2v) is 2.99. The predicted molar refractivity (Wildman–Crippen MR) is 50.8 cm³/mol. The molecule has 0 heterocycles. The lowest BCUT2D eigenvalue weighted by atomic mass is 10.3. The highest BCUT2D eigenvalue weighted by Crippen LogP contribution is 2.22. The molecular formula is C6H6BrCl2N. The van der Waals surface area contributed by atoms with Crippen LogP contribution < -0.4 is 5.73 Å². The van der Waals surface area contributed by atoms with Crippen molar-refractivity contribution >= 4 is 45.6 Å². The van der Waals surface area contributed by atoms with Crippen molar-refractivity contribution in [3.8, 4) is 0 Å². The molecule has 0 radical (unpaired) electrons. The lowest BCUT2D eigenvalue weighted by Gasteiger charge is -1.95. The largest absolute Gasteiger partial charge is 0.397 e. The highest BCUT2D eigenvalue weighted by molar-refractivity contribution is 9.10. The molecule has 0 aliphatic carbocycles. The molecule has 0 unspecified atom stereocenters. The van der Waals surface area contributed by atoms with E-state index in [1.807, 2.05) is 6.07 Å². The molecule has 0 spiro atoms. The average molecular weight is 243 g/mol. The number of nitrogen functional groups attached to an aromatic ring is 1. The monoisotopic (exact) mass is 241 g/mol. The zero-order valence-corrected chi connectivity index (χ0v) is 8.13. The van der Waals surface area contributed by atoms with Crippen LogP contribution in [0.15, 0.2) is 22.7 Å². The SMILES string of the molecule is Cl.Nc1cc(Br)ccc1Cl. The van der Waals surface area contributed by atoms with E-state index in [0.29, 0.717) is 10.7 Å². The summed E-state index contributed by atoms with van der Waals surface area (Å²) < 4.78 is 0.949. The Kier molecular flexibility index (Phi) is 4.09. The van der Waals surface area contributed by atoms with Crippen LogP contribution in [0.1, 0.15) is 0 Å². The number of halogens is 3. The summed E-state index contributed by atoms with van der Waals surface area (Å²) in [4.78, 5) is 0. The minimum absolute atomic E-state index is 0. The summed E-state index contributed by atoms with van der Waals surface area (Å²) >= 11 is 8.89. The maximum Gasteiger partial charge on any atom is 0.0636 e. The highest BCUT2D eigenvalue weighted by atomic mass is 79.9. The van der Waals surface area contributed by atoms with Crippen LogP contribution >= 0.6 is 39.9 Å². The molecule has 4 heteroatoms. The summed E-state index contributed by atoms with van der Waals surface area (Å²) in [5, 5.41) is 0.596. The molecule has 1 nitrogen and oxygen atoms in total. The molecule has 0 amide bonds. The molecule has 0 bridgehead atoms. The fourth-order valence-electron chi connectivity index (χ4n) is 0.515. The van der Waals surface area contributed by atoms with Gasteiger partial charge in [-0.2, -0.15) is 0 Å². The third kappa shape index (κ3) is 2.37. The van der Waals surface area contributed by atoms with Gasteiger partial charge in [0.1, 0.15) is 0 Å². The molecule has 1 aromatic carbocycles. The summed E-state index contributed by atoms with van der Waals surface area (Å²) in [5.41, 5.74) is 6.06. The Hall–Kier alpha value is 0.0800. The molecule has 0 atom stereocenters. The Balaban J connectivity index is 0.000000810. The lowest BCUT2D eigenvalue weighted by molar-refractivity contribution is 1.63. The van der Waals surface area contributed by atoms with Crippen LogP contribution in [0, 0.1) is 0 Å². The molecule has 1 aromatic rings. The van der Waals surface area contributed by atoms with Gasteiger partial charge in [-0.25, -0.2) is 0 Å². The van der Waals surface area contributed by atoms with E-state index in [4.69, 9.17) is 17.3 Å². The Morgan fingerprint density at radius 3 is 2.40 bits per heavy atom. The fourth-order valence-corrected chi connectivity index (χ4v) is 1.01. The van der Waals surface area contributed by atoms with Gasteiger partial charge in [0.25, 0.3) is 0 Å². The van der Waals surface area contributed by atoms with E-state index in [1.54, 1.807) is 12.1 Å². The summed E-state index contributed by atoms with van der Waals surface area (Å²) in [5.74, 6) is 0. The fraction of sp³-hybridized carbons (Fsp3) is 0. The molecule has 10 heavy (non-hydrogen) atoms. The van der Waals surface area contributed by atoms with Crippen LogP contribution in [0.4, 0.5) is 5.69 Å². The Labute approximate surface area is 79.1 Å². The van der Waals surface area contributed by atoms with Crippen molar-refractivity contribution in [1.82, 2.24) is 0 Å². The summed E-state index contributed by atoms with van der Waals surface area (Å²) in [7, 11) is 0. The molecule has 0 aliphatic rings. The van der Waals surface area contributed by atoms with Crippen molar-refractivity contribution in [2.75, 3.05) is 5.73 Å². The minimum Gasteiger partial charge on any atom is -0.397 e. The quantitative estimate of drug-likeness (QED) is 0.696. The van der Waals surface area contributed by atoms with E-state index in [1.165, 1.54) is 0 Å². The van der Waals surface area contributed by atoms with E-state index >= 15 is 0 Å². The van der Waals surface area contributed by atoms with Crippen LogP contribution in [0.25, 0.3) is 0 Å². The van der Waals surface area contributed by atoms with Gasteiger partial charge in [-0.3, -0.25) is 0 Å². The Morgan fingerprint density at radius 2 is 2.00 bits per heavy atom. The maximum atomic E-state index is 5.63. The van der Waals surface area contributed by atoms with Gasteiger partial charge in [-0.05, 0) is 18.2 Å². The van der Waals surface area contributed by atoms with Gasteiger partial charge >= 0.3 is 0 Å². The number of benzene rings is 1. The molecule has 2 N–H and O–H groups in total. The van der Waals surface area contributed by atoms with Crippen LogP contribution in [-0.4, -0.2) is 0 Å². The van der Waals surface area contributed by atoms with Crippen molar-refractivity contribution in [3.05, 3.63) is 27.7 Å². The molecule has 0 aromatic heterocycles. The summed E-state index contributed by atoms with van der Waals surface area (Å²) in [6.07, 6.45) is 0. The topological polar surface area (TPSA) is 26.0 Å². The first-order chi connectivity index (χ1) is 4.20. The molecule has 0 fully saturated rings. The molecule has 0 saturated carbocycles. The standard InChI is InChI=1S/C6H5BrClN.ClH/c7-4-1-2-5(8)6(9)3-4;/h1-3H,9H2;1H. The first-order valence-electron chi connectivity index (χ1n) is 2.40. The molecule has 0 saturated heterocycles. The first-order valence-corrected chi connectivity index (χ1v) is 3.58. The smallest absolute Gasteiger partial charge is 0.0636 e. The zero-order chi connectivity index (χ0) is 6.85. The van der Waals surface area contributed by atoms with E-state index < -0.39 is 0 Å². The van der Waals surface area contributed by atoms with Gasteiger partial charge in [-0.15, -0.1) is 12.4 Å². The van der Waals surface area contributed by atoms with Crippen molar-refractivity contribution in [3.63, 3.8) is 0 Å². The third-order valence-electron chi connectivity index (χ3n) is 0.958. The molecule has 56 valence electrons. The van der Waals surface area contributed by atoms with Gasteiger partial charge in [0, 0.05) is 4.47 Å². The number of rotatable bonds is 0. The zero-order valence-electron chi connectivity index (χ0n) is 4.97. The maximum absolute atomic E-state index is 5.63. The van der Waals surface area contributed by atoms with Gasteiger partial charge in [-0.1, -0.05) is 27.5 Å². The van der Waals surface area contributed by atoms with Gasteiger partial charge in [0.2, 0.25) is 0 Å². The van der Waals surface area contributed by atoms with Crippen LogP contribution in [0.2, 0.25) is 5.02 Å². The van der Waals surface area contributed by atoms with E-state index in [0.717, 1.165) is 4.47 Å². The number of anilines is 1. The van der Waals surface area contributed by atoms with Crippen molar-refractivity contribution in [2.45, 2.75) is 0 Å². The summed E-state index contributed by atoms with van der Waals surface area (Å²) in [6.45, 7) is 0. The predicted octanol–water partition coefficient (Wildman–Crippen LogP) is 3.11. The number of hydrogen-bond donors (Lipinski definition) is 1. The molecular weight excluding hydrogens is 237 g/mol. The van der Waals surface area contributed by atoms with Gasteiger partial charge in [0.05, 0.1) is 10.7 Å². The third-order valence-corrected chi connectivity index (χ3v) is 1.80. The van der Waals surface area contributed by atoms with Crippen LogP contribution in [0.3, 0.4) is 0 Å². The van der Waals surface area contributed by atoms with E-state index in [2.05, 4.69) is 15.9 Å².